The predicted octanol–water partition coefficient (Wildman–Crippen LogP) is 3.41. The van der Waals surface area contributed by atoms with Crippen LogP contribution in [-0.4, -0.2) is 48.9 Å². The zero-order valence-corrected chi connectivity index (χ0v) is 21.7. The Morgan fingerprint density at radius 3 is 2.54 bits per heavy atom. The molecule has 0 bridgehead atoms. The molecule has 1 saturated heterocycles. The van der Waals surface area contributed by atoms with Gasteiger partial charge in [0, 0.05) is 13.1 Å². The Morgan fingerprint density at radius 2 is 1.83 bits per heavy atom. The molecule has 8 nitrogen and oxygen atoms in total. The van der Waals surface area contributed by atoms with E-state index in [4.69, 9.17) is 4.74 Å². The van der Waals surface area contributed by atoms with E-state index in [0.717, 1.165) is 21.3 Å². The van der Waals surface area contributed by atoms with E-state index in [2.05, 4.69) is 4.99 Å². The molecule has 1 atom stereocenters. The summed E-state index contributed by atoms with van der Waals surface area (Å²) < 4.78 is 35.4. The van der Waals surface area contributed by atoms with Crippen LogP contribution in [0.3, 0.4) is 0 Å². The molecule has 0 radical (unpaired) electrons. The smallest absolute Gasteiger partial charge is 0.326 e. The number of carbonyl (C=O) groups excluding carboxylic acids is 2. The van der Waals surface area contributed by atoms with Crippen molar-refractivity contribution in [2.45, 2.75) is 45.1 Å². The lowest BCUT2D eigenvalue weighted by atomic mass is 9.99. The molecular formula is C25H29N3O5S2. The summed E-state index contributed by atoms with van der Waals surface area (Å²) in [7, 11) is -3.70. The van der Waals surface area contributed by atoms with Gasteiger partial charge in [-0.15, -0.1) is 0 Å². The Bertz CT molecular complexity index is 1420. The number of esters is 1. The van der Waals surface area contributed by atoms with Gasteiger partial charge in [0.05, 0.1) is 27.6 Å². The fourth-order valence-electron chi connectivity index (χ4n) is 4.16. The van der Waals surface area contributed by atoms with Crippen molar-refractivity contribution in [2.75, 3.05) is 19.7 Å². The van der Waals surface area contributed by atoms with Gasteiger partial charge in [0.2, 0.25) is 10.0 Å². The van der Waals surface area contributed by atoms with Crippen molar-refractivity contribution in [1.82, 2.24) is 8.87 Å². The number of amides is 1. The SMILES string of the molecule is CCOC(=O)Cn1c(=NC(=O)C2CCCN(S(=O)(=O)c3ccc(C)cc3)C2)sc2cc(C)ccc21. The first-order valence-electron chi connectivity index (χ1n) is 11.6. The van der Waals surface area contributed by atoms with Crippen molar-refractivity contribution in [2.24, 2.45) is 10.9 Å². The molecule has 0 saturated carbocycles. The van der Waals surface area contributed by atoms with Gasteiger partial charge in [0.25, 0.3) is 5.91 Å². The maximum Gasteiger partial charge on any atom is 0.326 e. The molecule has 2 aromatic carbocycles. The van der Waals surface area contributed by atoms with Crippen molar-refractivity contribution >= 4 is 43.5 Å². The number of ether oxygens (including phenoxy) is 1. The number of fused-ring (bicyclic) bond motifs is 1. The van der Waals surface area contributed by atoms with E-state index in [1.165, 1.54) is 15.6 Å². The number of sulfonamides is 1. The van der Waals surface area contributed by atoms with Gasteiger partial charge < -0.3 is 9.30 Å². The second kappa shape index (κ2) is 10.4. The number of aromatic nitrogens is 1. The lowest BCUT2D eigenvalue weighted by Gasteiger charge is -2.30. The minimum Gasteiger partial charge on any atom is -0.465 e. The first kappa shape index (κ1) is 25.3. The molecule has 2 heterocycles. The van der Waals surface area contributed by atoms with Crippen molar-refractivity contribution in [3.63, 3.8) is 0 Å². The van der Waals surface area contributed by atoms with Crippen LogP contribution in [0.1, 0.15) is 30.9 Å². The lowest BCUT2D eigenvalue weighted by molar-refractivity contribution is -0.143. The number of aryl methyl sites for hydroxylation is 2. The number of thiazole rings is 1. The van der Waals surface area contributed by atoms with Crippen LogP contribution in [0.2, 0.25) is 0 Å². The number of carbonyl (C=O) groups is 2. The van der Waals surface area contributed by atoms with Crippen LogP contribution in [0.25, 0.3) is 10.2 Å². The third-order valence-corrected chi connectivity index (χ3v) is 8.95. The van der Waals surface area contributed by atoms with E-state index in [0.29, 0.717) is 24.2 Å². The number of rotatable bonds is 6. The second-order valence-corrected chi connectivity index (χ2v) is 11.7. The quantitative estimate of drug-likeness (QED) is 0.469. The number of benzene rings is 2. The second-order valence-electron chi connectivity index (χ2n) is 8.71. The molecule has 0 N–H and O–H groups in total. The van der Waals surface area contributed by atoms with Crippen LogP contribution in [0, 0.1) is 19.8 Å². The van der Waals surface area contributed by atoms with Gasteiger partial charge in [0.1, 0.15) is 6.54 Å². The van der Waals surface area contributed by atoms with Gasteiger partial charge in [-0.2, -0.15) is 9.30 Å². The zero-order valence-electron chi connectivity index (χ0n) is 20.1. The molecular weight excluding hydrogens is 486 g/mol. The fourth-order valence-corrected chi connectivity index (χ4v) is 6.82. The summed E-state index contributed by atoms with van der Waals surface area (Å²) >= 11 is 1.33. The highest BCUT2D eigenvalue weighted by Crippen LogP contribution is 2.25. The summed E-state index contributed by atoms with van der Waals surface area (Å²) in [6, 6.07) is 12.6. The largest absolute Gasteiger partial charge is 0.465 e. The van der Waals surface area contributed by atoms with E-state index in [1.54, 1.807) is 35.8 Å². The molecule has 0 aliphatic carbocycles. The predicted molar refractivity (Wildman–Crippen MR) is 134 cm³/mol. The highest BCUT2D eigenvalue weighted by molar-refractivity contribution is 7.89. The van der Waals surface area contributed by atoms with Gasteiger partial charge in [-0.25, -0.2) is 8.42 Å². The van der Waals surface area contributed by atoms with Crippen LogP contribution in [0.5, 0.6) is 0 Å². The molecule has 1 aliphatic heterocycles. The van der Waals surface area contributed by atoms with Crippen LogP contribution < -0.4 is 4.80 Å². The topological polar surface area (TPSA) is 98.0 Å². The van der Waals surface area contributed by atoms with Crippen LogP contribution in [-0.2, 0) is 30.9 Å². The molecule has 4 rings (SSSR count). The van der Waals surface area contributed by atoms with Crippen molar-refractivity contribution in [1.29, 1.82) is 0 Å². The Balaban J connectivity index is 1.63. The molecule has 10 heteroatoms. The van der Waals surface area contributed by atoms with Crippen molar-refractivity contribution < 1.29 is 22.7 Å². The van der Waals surface area contributed by atoms with Gasteiger partial charge in [-0.05, 0) is 63.4 Å². The minimum atomic E-state index is -3.70. The monoisotopic (exact) mass is 515 g/mol. The van der Waals surface area contributed by atoms with Crippen LogP contribution in [0.15, 0.2) is 52.4 Å². The molecule has 0 spiro atoms. The molecule has 1 unspecified atom stereocenters. The summed E-state index contributed by atoms with van der Waals surface area (Å²) in [5.74, 6) is -1.34. The third kappa shape index (κ3) is 5.55. The van der Waals surface area contributed by atoms with Crippen LogP contribution >= 0.6 is 11.3 Å². The average molecular weight is 516 g/mol. The van der Waals surface area contributed by atoms with Gasteiger partial charge in [-0.1, -0.05) is 35.1 Å². The third-order valence-electron chi connectivity index (χ3n) is 6.03. The minimum absolute atomic E-state index is 0.0540. The fraction of sp³-hybridized carbons (Fsp3) is 0.400. The maximum absolute atomic E-state index is 13.2. The van der Waals surface area contributed by atoms with Gasteiger partial charge >= 0.3 is 5.97 Å². The molecule has 1 aliphatic rings. The number of nitrogens with zero attached hydrogens (tertiary/aromatic N) is 3. The average Bonchev–Trinajstić information content (AvgIpc) is 3.15. The molecule has 1 fully saturated rings. The summed E-state index contributed by atoms with van der Waals surface area (Å²) in [4.78, 5) is 30.5. The first-order chi connectivity index (χ1) is 16.7. The molecule has 35 heavy (non-hydrogen) atoms. The normalized spacial score (nSPS) is 17.6. The van der Waals surface area contributed by atoms with Crippen molar-refractivity contribution in [3.05, 3.63) is 58.4 Å². The standard InChI is InChI=1S/C25H29N3O5S2/c1-4-33-23(29)16-28-21-12-9-18(3)14-22(21)34-25(28)26-24(30)19-6-5-13-27(15-19)35(31,32)20-10-7-17(2)8-11-20/h7-12,14,19H,4-6,13,15-16H2,1-3H3. The highest BCUT2D eigenvalue weighted by Gasteiger charge is 2.33. The van der Waals surface area contributed by atoms with Crippen molar-refractivity contribution in [3.8, 4) is 0 Å². The highest BCUT2D eigenvalue weighted by atomic mass is 32.2. The Kier molecular flexibility index (Phi) is 7.53. The van der Waals surface area contributed by atoms with Gasteiger partial charge in [0.15, 0.2) is 4.80 Å². The number of hydrogen-bond donors (Lipinski definition) is 0. The molecule has 3 aromatic rings. The lowest BCUT2D eigenvalue weighted by Crippen LogP contribution is -2.42. The Hall–Kier alpha value is -2.82. The summed E-state index contributed by atoms with van der Waals surface area (Å²) in [5, 5.41) is 0. The van der Waals surface area contributed by atoms with E-state index in [-0.39, 0.29) is 30.5 Å². The number of piperidine rings is 1. The van der Waals surface area contributed by atoms with Crippen LogP contribution in [0.4, 0.5) is 0 Å². The zero-order chi connectivity index (χ0) is 25.2. The summed E-state index contributed by atoms with van der Waals surface area (Å²) in [6.45, 7) is 6.28. The van der Waals surface area contributed by atoms with E-state index in [1.807, 2.05) is 32.0 Å². The summed E-state index contributed by atoms with van der Waals surface area (Å²) in [6.07, 6.45) is 1.13. The Morgan fingerprint density at radius 1 is 1.11 bits per heavy atom. The Labute approximate surface area is 208 Å². The van der Waals surface area contributed by atoms with E-state index >= 15 is 0 Å². The first-order valence-corrected chi connectivity index (χ1v) is 13.9. The van der Waals surface area contributed by atoms with Gasteiger partial charge in [-0.3, -0.25) is 9.59 Å². The maximum atomic E-state index is 13.2. The number of hydrogen-bond acceptors (Lipinski definition) is 6. The summed E-state index contributed by atoms with van der Waals surface area (Å²) in [5.41, 5.74) is 2.83. The molecule has 1 amide bonds. The van der Waals surface area contributed by atoms with E-state index < -0.39 is 21.9 Å². The van der Waals surface area contributed by atoms with E-state index in [9.17, 15) is 18.0 Å². The molecule has 1 aromatic heterocycles. The molecule has 186 valence electrons.